The van der Waals surface area contributed by atoms with Gasteiger partial charge in [0.25, 0.3) is 0 Å². The molecule has 2 heterocycles. The fraction of sp³-hybridized carbons (Fsp3) is 0.154. The Kier molecular flexibility index (Phi) is 2.86. The summed E-state index contributed by atoms with van der Waals surface area (Å²) in [6.07, 6.45) is 3.35. The fourth-order valence-electron chi connectivity index (χ4n) is 1.94. The molecular weight excluding hydrogens is 258 g/mol. The van der Waals surface area contributed by atoms with Crippen LogP contribution in [0.15, 0.2) is 30.6 Å². The Morgan fingerprint density at radius 1 is 1.30 bits per heavy atom. The van der Waals surface area contributed by atoms with E-state index in [2.05, 4.69) is 20.3 Å². The minimum Gasteiger partial charge on any atom is -0.478 e. The van der Waals surface area contributed by atoms with Crippen molar-refractivity contribution in [3.05, 3.63) is 47.5 Å². The monoisotopic (exact) mass is 269 g/mol. The van der Waals surface area contributed by atoms with Gasteiger partial charge in [0, 0.05) is 6.20 Å². The van der Waals surface area contributed by atoms with Crippen molar-refractivity contribution in [2.75, 3.05) is 0 Å². The summed E-state index contributed by atoms with van der Waals surface area (Å²) in [5.41, 5.74) is 2.75. The van der Waals surface area contributed by atoms with Crippen molar-refractivity contribution in [3.8, 4) is 0 Å². The number of fused-ring (bicyclic) bond motifs is 1. The maximum atomic E-state index is 11.1. The number of aromatic carboxylic acids is 1. The molecule has 0 saturated heterocycles. The molecule has 3 aromatic rings. The maximum Gasteiger partial charge on any atom is 0.338 e. The first-order valence-electron chi connectivity index (χ1n) is 5.98. The van der Waals surface area contributed by atoms with Crippen LogP contribution in [0.3, 0.4) is 0 Å². The number of hydrogen-bond donors (Lipinski definition) is 1. The highest BCUT2D eigenvalue weighted by atomic mass is 16.4. The van der Waals surface area contributed by atoms with Gasteiger partial charge in [-0.3, -0.25) is 9.97 Å². The fourth-order valence-corrected chi connectivity index (χ4v) is 1.94. The summed E-state index contributed by atoms with van der Waals surface area (Å²) in [5.74, 6) is -1.02. The largest absolute Gasteiger partial charge is 0.478 e. The van der Waals surface area contributed by atoms with E-state index in [9.17, 15) is 4.79 Å². The molecule has 20 heavy (non-hydrogen) atoms. The molecule has 3 rings (SSSR count). The zero-order chi connectivity index (χ0) is 14.1. The third kappa shape index (κ3) is 2.09. The summed E-state index contributed by atoms with van der Waals surface area (Å²) in [6.45, 7) is 2.26. The number of carboxylic acids is 1. The lowest BCUT2D eigenvalue weighted by molar-refractivity contribution is 0.0699. The first-order chi connectivity index (χ1) is 9.65. The maximum absolute atomic E-state index is 11.1. The van der Waals surface area contributed by atoms with Gasteiger partial charge >= 0.3 is 5.97 Å². The number of carbonyl (C=O) groups is 1. The lowest BCUT2D eigenvalue weighted by atomic mass is 10.2. The number of rotatable bonds is 3. The Morgan fingerprint density at radius 2 is 2.15 bits per heavy atom. The van der Waals surface area contributed by atoms with Crippen LogP contribution >= 0.6 is 0 Å². The summed E-state index contributed by atoms with van der Waals surface area (Å²) in [6, 6.07) is 4.96. The molecule has 0 aliphatic heterocycles. The van der Waals surface area contributed by atoms with Crippen LogP contribution in [0.25, 0.3) is 11.0 Å². The van der Waals surface area contributed by atoms with E-state index in [4.69, 9.17) is 5.11 Å². The minimum atomic E-state index is -1.02. The Labute approximate surface area is 113 Å². The van der Waals surface area contributed by atoms with Gasteiger partial charge in [-0.2, -0.15) is 0 Å². The number of carboxylic acid groups (broad SMARTS) is 1. The molecule has 1 aromatic carbocycles. The highest BCUT2D eigenvalue weighted by Crippen LogP contribution is 2.16. The molecule has 7 heteroatoms. The molecule has 0 atom stereocenters. The van der Waals surface area contributed by atoms with Gasteiger partial charge in [-0.25, -0.2) is 9.48 Å². The third-order valence-corrected chi connectivity index (χ3v) is 2.92. The Bertz CT molecular complexity index is 779. The molecule has 0 fully saturated rings. The topological polar surface area (TPSA) is 93.8 Å². The summed E-state index contributed by atoms with van der Waals surface area (Å²) >= 11 is 0. The van der Waals surface area contributed by atoms with Crippen molar-refractivity contribution in [2.45, 2.75) is 13.5 Å². The van der Waals surface area contributed by atoms with Gasteiger partial charge in [0.05, 0.1) is 35.2 Å². The van der Waals surface area contributed by atoms with Crippen LogP contribution in [-0.2, 0) is 6.54 Å². The number of aryl methyl sites for hydroxylation is 1. The van der Waals surface area contributed by atoms with Gasteiger partial charge in [-0.05, 0) is 19.1 Å². The predicted octanol–water partition coefficient (Wildman–Crippen LogP) is 1.28. The minimum absolute atomic E-state index is 0.142. The summed E-state index contributed by atoms with van der Waals surface area (Å²) in [7, 11) is 0. The van der Waals surface area contributed by atoms with Crippen molar-refractivity contribution in [2.24, 2.45) is 0 Å². The SMILES string of the molecule is Cc1cnc(Cn2nnc3c(C(=O)O)cccc32)cn1. The molecule has 0 spiro atoms. The molecule has 0 aliphatic rings. The van der Waals surface area contributed by atoms with Gasteiger partial charge in [0.1, 0.15) is 5.52 Å². The van der Waals surface area contributed by atoms with Crippen LogP contribution in [0.5, 0.6) is 0 Å². The van der Waals surface area contributed by atoms with E-state index in [-0.39, 0.29) is 5.56 Å². The standard InChI is InChI=1S/C13H11N5O2/c1-8-5-15-9(6-14-8)7-18-11-4-2-3-10(13(19)20)12(11)16-17-18/h2-6H,7H2,1H3,(H,19,20). The van der Waals surface area contributed by atoms with Crippen LogP contribution in [0.1, 0.15) is 21.7 Å². The van der Waals surface area contributed by atoms with Gasteiger partial charge in [0.15, 0.2) is 0 Å². The van der Waals surface area contributed by atoms with Crippen LogP contribution in [0.4, 0.5) is 0 Å². The van der Waals surface area contributed by atoms with E-state index in [1.807, 2.05) is 6.92 Å². The summed E-state index contributed by atoms with van der Waals surface area (Å²) in [4.78, 5) is 19.5. The van der Waals surface area contributed by atoms with Gasteiger partial charge in [-0.15, -0.1) is 5.10 Å². The third-order valence-electron chi connectivity index (χ3n) is 2.92. The van der Waals surface area contributed by atoms with Gasteiger partial charge < -0.3 is 5.11 Å². The predicted molar refractivity (Wildman–Crippen MR) is 70.4 cm³/mol. The van der Waals surface area contributed by atoms with Crippen molar-refractivity contribution >= 4 is 17.0 Å². The van der Waals surface area contributed by atoms with Crippen LogP contribution < -0.4 is 0 Å². The second-order valence-corrected chi connectivity index (χ2v) is 4.37. The molecular formula is C13H11N5O2. The zero-order valence-corrected chi connectivity index (χ0v) is 10.7. The number of benzene rings is 1. The second kappa shape index (κ2) is 4.69. The zero-order valence-electron chi connectivity index (χ0n) is 10.7. The summed E-state index contributed by atoms with van der Waals surface area (Å²) in [5, 5.41) is 17.0. The molecule has 0 amide bonds. The smallest absolute Gasteiger partial charge is 0.338 e. The Morgan fingerprint density at radius 3 is 2.85 bits per heavy atom. The van der Waals surface area contributed by atoms with Crippen LogP contribution in [0.2, 0.25) is 0 Å². The van der Waals surface area contributed by atoms with Crippen LogP contribution in [0, 0.1) is 6.92 Å². The average Bonchev–Trinajstić information content (AvgIpc) is 2.84. The van der Waals surface area contributed by atoms with E-state index in [0.717, 1.165) is 11.4 Å². The highest BCUT2D eigenvalue weighted by molar-refractivity contribution is 6.00. The molecule has 1 N–H and O–H groups in total. The number of hydrogen-bond acceptors (Lipinski definition) is 5. The molecule has 0 radical (unpaired) electrons. The van der Waals surface area contributed by atoms with E-state index < -0.39 is 5.97 Å². The quantitative estimate of drug-likeness (QED) is 0.769. The van der Waals surface area contributed by atoms with E-state index in [0.29, 0.717) is 17.6 Å². The van der Waals surface area contributed by atoms with Crippen molar-refractivity contribution < 1.29 is 9.90 Å². The highest BCUT2D eigenvalue weighted by Gasteiger charge is 2.13. The first-order valence-corrected chi connectivity index (χ1v) is 5.98. The van der Waals surface area contributed by atoms with Crippen molar-refractivity contribution in [1.29, 1.82) is 0 Å². The first kappa shape index (κ1) is 12.2. The van der Waals surface area contributed by atoms with Gasteiger partial charge in [-0.1, -0.05) is 11.3 Å². The average molecular weight is 269 g/mol. The Balaban J connectivity index is 2.03. The molecule has 0 bridgehead atoms. The van der Waals surface area contributed by atoms with E-state index >= 15 is 0 Å². The lowest BCUT2D eigenvalue weighted by Crippen LogP contribution is -2.04. The van der Waals surface area contributed by atoms with Crippen LogP contribution in [-0.4, -0.2) is 36.0 Å². The molecule has 0 unspecified atom stereocenters. The van der Waals surface area contributed by atoms with Crippen molar-refractivity contribution in [3.63, 3.8) is 0 Å². The molecule has 2 aromatic heterocycles. The molecule has 0 saturated carbocycles. The molecule has 100 valence electrons. The normalized spacial score (nSPS) is 10.8. The van der Waals surface area contributed by atoms with Crippen molar-refractivity contribution in [1.82, 2.24) is 25.0 Å². The van der Waals surface area contributed by atoms with E-state index in [1.165, 1.54) is 6.07 Å². The number of aromatic nitrogens is 5. The second-order valence-electron chi connectivity index (χ2n) is 4.37. The van der Waals surface area contributed by atoms with E-state index in [1.54, 1.807) is 29.2 Å². The summed E-state index contributed by atoms with van der Waals surface area (Å²) < 4.78 is 1.61. The molecule has 7 nitrogen and oxygen atoms in total. The molecule has 0 aliphatic carbocycles. The number of nitrogens with zero attached hydrogens (tertiary/aromatic N) is 5. The Hall–Kier alpha value is -2.83. The lowest BCUT2D eigenvalue weighted by Gasteiger charge is -2.02. The van der Waals surface area contributed by atoms with Gasteiger partial charge in [0.2, 0.25) is 0 Å².